The second kappa shape index (κ2) is 11.0. The number of carbonyl (C=O) groups excluding carboxylic acids is 1. The fraction of sp³-hybridized carbons (Fsp3) is 0.480. The molecular weight excluding hydrogens is 458 g/mol. The van der Waals surface area contributed by atoms with Crippen molar-refractivity contribution in [2.45, 2.75) is 44.5 Å². The molecule has 0 saturated carbocycles. The SMILES string of the molecule is O=C(NCc1cccc(CN2CCCC2)c1)C1CCCN(S(=O)(=O)Cc2ccc(Cl)cc2)C1. The first-order chi connectivity index (χ1) is 15.9. The third-order valence-corrected chi connectivity index (χ3v) is 8.54. The summed E-state index contributed by atoms with van der Waals surface area (Å²) < 4.78 is 27.3. The molecule has 0 radical (unpaired) electrons. The highest BCUT2D eigenvalue weighted by molar-refractivity contribution is 7.88. The topological polar surface area (TPSA) is 69.7 Å². The maximum atomic E-state index is 12.9. The molecule has 0 aliphatic carbocycles. The minimum absolute atomic E-state index is 0.0775. The highest BCUT2D eigenvalue weighted by Gasteiger charge is 2.32. The molecule has 2 fully saturated rings. The molecule has 33 heavy (non-hydrogen) atoms. The maximum Gasteiger partial charge on any atom is 0.224 e. The van der Waals surface area contributed by atoms with E-state index in [0.29, 0.717) is 36.5 Å². The fourth-order valence-corrected chi connectivity index (χ4v) is 6.40. The molecule has 1 N–H and O–H groups in total. The predicted molar refractivity (Wildman–Crippen MR) is 131 cm³/mol. The zero-order chi connectivity index (χ0) is 23.3. The first-order valence-electron chi connectivity index (χ1n) is 11.7. The number of sulfonamides is 1. The minimum Gasteiger partial charge on any atom is -0.352 e. The summed E-state index contributed by atoms with van der Waals surface area (Å²) in [5.74, 6) is -0.486. The Kier molecular flexibility index (Phi) is 8.07. The van der Waals surface area contributed by atoms with Gasteiger partial charge in [0.2, 0.25) is 15.9 Å². The average Bonchev–Trinajstić information content (AvgIpc) is 3.32. The average molecular weight is 490 g/mol. The van der Waals surface area contributed by atoms with Crippen LogP contribution in [0.1, 0.15) is 42.4 Å². The lowest BCUT2D eigenvalue weighted by atomic mass is 9.98. The Morgan fingerprint density at radius 2 is 1.70 bits per heavy atom. The third-order valence-electron chi connectivity index (χ3n) is 6.47. The first-order valence-corrected chi connectivity index (χ1v) is 13.7. The van der Waals surface area contributed by atoms with E-state index < -0.39 is 10.0 Å². The molecule has 2 aromatic rings. The van der Waals surface area contributed by atoms with Crippen LogP contribution in [0.2, 0.25) is 5.02 Å². The fourth-order valence-electron chi connectivity index (χ4n) is 4.66. The smallest absolute Gasteiger partial charge is 0.224 e. The summed E-state index contributed by atoms with van der Waals surface area (Å²) >= 11 is 5.90. The van der Waals surface area contributed by atoms with E-state index in [0.717, 1.165) is 25.2 Å². The summed E-state index contributed by atoms with van der Waals surface area (Å²) in [6.07, 6.45) is 3.92. The Morgan fingerprint density at radius 3 is 2.45 bits per heavy atom. The van der Waals surface area contributed by atoms with Crippen LogP contribution in [0.5, 0.6) is 0 Å². The maximum absolute atomic E-state index is 12.9. The summed E-state index contributed by atoms with van der Waals surface area (Å²) in [4.78, 5) is 15.3. The van der Waals surface area contributed by atoms with Crippen LogP contribution in [0.15, 0.2) is 48.5 Å². The first kappa shape index (κ1) is 24.2. The normalized spacial score (nSPS) is 20.1. The van der Waals surface area contributed by atoms with E-state index in [1.54, 1.807) is 24.3 Å². The molecule has 0 spiro atoms. The zero-order valence-corrected chi connectivity index (χ0v) is 20.5. The molecule has 2 heterocycles. The molecule has 1 amide bonds. The number of piperidine rings is 1. The molecule has 2 aromatic carbocycles. The molecule has 178 valence electrons. The zero-order valence-electron chi connectivity index (χ0n) is 18.9. The highest BCUT2D eigenvalue weighted by atomic mass is 35.5. The van der Waals surface area contributed by atoms with Gasteiger partial charge in [-0.2, -0.15) is 0 Å². The van der Waals surface area contributed by atoms with Crippen molar-refractivity contribution >= 4 is 27.5 Å². The van der Waals surface area contributed by atoms with E-state index in [9.17, 15) is 13.2 Å². The number of amides is 1. The Labute approximate surface area is 202 Å². The van der Waals surface area contributed by atoms with Crippen LogP contribution in [0.3, 0.4) is 0 Å². The van der Waals surface area contributed by atoms with E-state index in [1.807, 2.05) is 12.1 Å². The highest BCUT2D eigenvalue weighted by Crippen LogP contribution is 2.22. The van der Waals surface area contributed by atoms with E-state index in [1.165, 1.54) is 22.7 Å². The van der Waals surface area contributed by atoms with Gasteiger partial charge in [-0.05, 0) is 67.6 Å². The molecule has 1 atom stereocenters. The summed E-state index contributed by atoms with van der Waals surface area (Å²) in [5.41, 5.74) is 3.03. The van der Waals surface area contributed by atoms with Gasteiger partial charge in [-0.3, -0.25) is 9.69 Å². The standard InChI is InChI=1S/C25H32ClN3O3S/c26-24-10-8-20(9-11-24)19-33(31,32)29-14-4-7-23(18-29)25(30)27-16-21-5-3-6-22(15-21)17-28-12-1-2-13-28/h3,5-6,8-11,15,23H,1-2,4,7,12-14,16-19H2,(H,27,30). The van der Waals surface area contributed by atoms with Gasteiger partial charge in [0.25, 0.3) is 0 Å². The Morgan fingerprint density at radius 1 is 0.970 bits per heavy atom. The number of benzene rings is 2. The summed E-state index contributed by atoms with van der Waals surface area (Å²) in [7, 11) is -3.49. The largest absolute Gasteiger partial charge is 0.352 e. The van der Waals surface area contributed by atoms with E-state index in [-0.39, 0.29) is 24.1 Å². The molecular formula is C25H32ClN3O3S. The van der Waals surface area contributed by atoms with Crippen molar-refractivity contribution in [3.8, 4) is 0 Å². The van der Waals surface area contributed by atoms with Crippen LogP contribution in [0.4, 0.5) is 0 Å². The number of hydrogen-bond donors (Lipinski definition) is 1. The van der Waals surface area contributed by atoms with Crippen LogP contribution < -0.4 is 5.32 Å². The minimum atomic E-state index is -3.49. The van der Waals surface area contributed by atoms with Crippen molar-refractivity contribution in [3.63, 3.8) is 0 Å². The lowest BCUT2D eigenvalue weighted by Gasteiger charge is -2.31. The summed E-state index contributed by atoms with van der Waals surface area (Å²) in [6.45, 7) is 4.40. The van der Waals surface area contributed by atoms with Gasteiger partial charge in [0.15, 0.2) is 0 Å². The van der Waals surface area contributed by atoms with E-state index >= 15 is 0 Å². The summed E-state index contributed by atoms with van der Waals surface area (Å²) in [6, 6.07) is 15.2. The van der Waals surface area contributed by atoms with Gasteiger partial charge < -0.3 is 5.32 Å². The number of rotatable bonds is 8. The number of nitrogens with zero attached hydrogens (tertiary/aromatic N) is 2. The number of hydrogen-bond acceptors (Lipinski definition) is 4. The molecule has 4 rings (SSSR count). The van der Waals surface area contributed by atoms with Gasteiger partial charge in [-0.1, -0.05) is 48.0 Å². The Balaban J connectivity index is 1.31. The van der Waals surface area contributed by atoms with Crippen molar-refractivity contribution in [3.05, 3.63) is 70.2 Å². The lowest BCUT2D eigenvalue weighted by molar-refractivity contribution is -0.126. The number of carbonyl (C=O) groups is 1. The molecule has 0 aromatic heterocycles. The van der Waals surface area contributed by atoms with Crippen LogP contribution in [0, 0.1) is 5.92 Å². The number of likely N-dealkylation sites (tertiary alicyclic amines) is 1. The van der Waals surface area contributed by atoms with Crippen LogP contribution >= 0.6 is 11.6 Å². The van der Waals surface area contributed by atoms with Crippen LogP contribution in [-0.2, 0) is 33.7 Å². The second-order valence-corrected chi connectivity index (χ2v) is 11.5. The van der Waals surface area contributed by atoms with Crippen molar-refractivity contribution < 1.29 is 13.2 Å². The van der Waals surface area contributed by atoms with Crippen molar-refractivity contribution in [2.24, 2.45) is 5.92 Å². The van der Waals surface area contributed by atoms with Crippen LogP contribution in [-0.4, -0.2) is 49.7 Å². The van der Waals surface area contributed by atoms with Gasteiger partial charge in [-0.15, -0.1) is 0 Å². The van der Waals surface area contributed by atoms with Gasteiger partial charge >= 0.3 is 0 Å². The van der Waals surface area contributed by atoms with Crippen LogP contribution in [0.25, 0.3) is 0 Å². The molecule has 8 heteroatoms. The lowest BCUT2D eigenvalue weighted by Crippen LogP contribution is -2.45. The molecule has 6 nitrogen and oxygen atoms in total. The molecule has 2 aliphatic heterocycles. The molecule has 1 unspecified atom stereocenters. The number of nitrogens with one attached hydrogen (secondary N) is 1. The predicted octanol–water partition coefficient (Wildman–Crippen LogP) is 3.79. The summed E-state index contributed by atoms with van der Waals surface area (Å²) in [5, 5.41) is 3.61. The Hall–Kier alpha value is -1.93. The molecule has 2 aliphatic rings. The van der Waals surface area contributed by atoms with Crippen molar-refractivity contribution in [1.29, 1.82) is 0 Å². The molecule has 2 saturated heterocycles. The van der Waals surface area contributed by atoms with E-state index in [4.69, 9.17) is 11.6 Å². The second-order valence-electron chi connectivity index (χ2n) is 9.10. The van der Waals surface area contributed by atoms with Crippen molar-refractivity contribution in [2.75, 3.05) is 26.2 Å². The monoisotopic (exact) mass is 489 g/mol. The van der Waals surface area contributed by atoms with Gasteiger partial charge in [0.05, 0.1) is 11.7 Å². The number of halogens is 1. The van der Waals surface area contributed by atoms with Crippen molar-refractivity contribution in [1.82, 2.24) is 14.5 Å². The van der Waals surface area contributed by atoms with Gasteiger partial charge in [0.1, 0.15) is 0 Å². The third kappa shape index (κ3) is 6.79. The van der Waals surface area contributed by atoms with E-state index in [2.05, 4.69) is 22.3 Å². The molecule has 0 bridgehead atoms. The van der Waals surface area contributed by atoms with Gasteiger partial charge in [-0.25, -0.2) is 12.7 Å². The van der Waals surface area contributed by atoms with Gasteiger partial charge in [0, 0.05) is 31.2 Å². The Bertz CT molecular complexity index is 1050. The quantitative estimate of drug-likeness (QED) is 0.612.